The van der Waals surface area contributed by atoms with Crippen LogP contribution in [0.5, 0.6) is 0 Å². The van der Waals surface area contributed by atoms with Crippen molar-refractivity contribution < 1.29 is 16.5 Å². The van der Waals surface area contributed by atoms with Crippen LogP contribution in [0.25, 0.3) is 125 Å². The summed E-state index contributed by atoms with van der Waals surface area (Å²) in [5.74, 6) is 2.50. The molecular formula is C63H43N13Ni. The molecule has 11 heterocycles. The molecule has 77 heavy (non-hydrogen) atoms. The van der Waals surface area contributed by atoms with Crippen molar-refractivity contribution in [2.45, 2.75) is 11.8 Å². The van der Waals surface area contributed by atoms with Gasteiger partial charge < -0.3 is 19.9 Å². The summed E-state index contributed by atoms with van der Waals surface area (Å²) < 4.78 is 0. The Morgan fingerprint density at radius 2 is 0.792 bits per heavy atom. The Morgan fingerprint density at radius 1 is 0.390 bits per heavy atom. The minimum absolute atomic E-state index is 0. The van der Waals surface area contributed by atoms with E-state index in [2.05, 4.69) is 165 Å². The number of nitrogens with zero attached hydrogens (tertiary/aromatic N) is 11. The second kappa shape index (κ2) is 19.0. The van der Waals surface area contributed by atoms with E-state index in [0.717, 1.165) is 107 Å². The number of rotatable bonds is 6. The number of aromatic nitrogens is 12. The molecule has 0 aliphatic carbocycles. The third-order valence-electron chi connectivity index (χ3n) is 14.6. The molecule has 13 nitrogen and oxygen atoms in total. The molecule has 370 valence electrons. The molecule has 1 fully saturated rings. The number of hydrogen-bond donors (Lipinski definition) is 2. The first-order chi connectivity index (χ1) is 37.6. The van der Waals surface area contributed by atoms with Gasteiger partial charge in [-0.15, -0.1) is 22.1 Å². The van der Waals surface area contributed by atoms with Crippen molar-refractivity contribution in [3.63, 3.8) is 0 Å². The number of H-pyrrole nitrogens is 2. The van der Waals surface area contributed by atoms with Crippen molar-refractivity contribution >= 4 is 80.6 Å². The standard InChI is InChI=1S/C63H43N13.Ni/c1-5-13-37(14-6-1)57-44-21-22-45(64-44)58(38-15-7-2-8-16-38)47-25-26-49(66-47)60(40-19-11-4-12-20-40)61-41(33-50(67-61)59(39-17-9-3-10-18-39)48-24-23-46(57)65-48)34-76-35-42-43(36-76)63-74-56-32-30-54(72-56)70-52-28-27-51(68-52)69-53-29-31-55(71-53)73-62(42)75-63;/h1-33,42-43H,34-36H2,(H2,68,69,70,71,72,73,74,75);/q-2;+2. The summed E-state index contributed by atoms with van der Waals surface area (Å²) in [6, 6.07) is 58.1. The molecule has 1 saturated heterocycles. The first kappa shape index (κ1) is 46.1. The van der Waals surface area contributed by atoms with Crippen LogP contribution < -0.4 is 9.97 Å². The van der Waals surface area contributed by atoms with E-state index in [-0.39, 0.29) is 28.3 Å². The third-order valence-corrected chi connectivity index (χ3v) is 14.6. The maximum atomic E-state index is 5.78. The molecule has 4 aromatic carbocycles. The summed E-state index contributed by atoms with van der Waals surface area (Å²) in [5, 5.41) is 0. The second-order valence-electron chi connectivity index (χ2n) is 19.4. The molecule has 6 aromatic heterocycles. The quantitative estimate of drug-likeness (QED) is 0.152. The number of fused-ring (bicyclic) bond motifs is 19. The molecule has 2 atom stereocenters. The van der Waals surface area contributed by atoms with Gasteiger partial charge in [-0.2, -0.15) is 0 Å². The Morgan fingerprint density at radius 3 is 1.25 bits per heavy atom. The summed E-state index contributed by atoms with van der Waals surface area (Å²) in [7, 11) is 0. The minimum atomic E-state index is -0.0288. The Kier molecular flexibility index (Phi) is 11.4. The van der Waals surface area contributed by atoms with Gasteiger partial charge in [0, 0.05) is 31.5 Å². The Bertz CT molecular complexity index is 4310. The minimum Gasteiger partial charge on any atom is -0.657 e. The number of nitrogens with one attached hydrogen (secondary N) is 2. The van der Waals surface area contributed by atoms with Gasteiger partial charge in [0.15, 0.2) is 11.6 Å². The topological polar surface area (TPSA) is 166 Å². The SMILES string of the molecule is C1=Cc2nc1nc1ccc(nc3nc(nc4ccc(n2)[nH]4)C2CN(CC4=Cc5nc4c(-c4ccccc4)c4ccc([n-]4)c(-c4ccccc4)c4nc(c(-c6ccccc6)c6ccc([n-]6)c5-c5ccccc5)C=C4)CC32)[nH]1.[Ni+2]. The smallest absolute Gasteiger partial charge is 0.657 e. The molecule has 15 rings (SSSR count). The predicted molar refractivity (Wildman–Crippen MR) is 301 cm³/mol. The van der Waals surface area contributed by atoms with Gasteiger partial charge in [0.1, 0.15) is 34.2 Å². The molecule has 0 amide bonds. The molecule has 16 bridgehead atoms. The van der Waals surface area contributed by atoms with Gasteiger partial charge in [-0.1, -0.05) is 146 Å². The third kappa shape index (κ3) is 8.50. The summed E-state index contributed by atoms with van der Waals surface area (Å²) in [6.45, 7) is 1.97. The number of benzene rings is 4. The molecular weight excluding hydrogens is 997 g/mol. The van der Waals surface area contributed by atoms with Crippen LogP contribution in [0.15, 0.2) is 170 Å². The molecule has 10 aromatic rings. The van der Waals surface area contributed by atoms with Crippen LogP contribution >= 0.6 is 0 Å². The molecule has 0 radical (unpaired) electrons. The molecule has 14 heteroatoms. The van der Waals surface area contributed by atoms with Crippen LogP contribution in [0.3, 0.4) is 0 Å². The van der Waals surface area contributed by atoms with E-state index in [1.807, 2.05) is 54.6 Å². The number of hydrogen-bond acceptors (Lipinski definition) is 9. The summed E-state index contributed by atoms with van der Waals surface area (Å²) in [4.78, 5) is 61.0. The summed E-state index contributed by atoms with van der Waals surface area (Å²) >= 11 is 0. The van der Waals surface area contributed by atoms with Crippen molar-refractivity contribution in [2.75, 3.05) is 19.6 Å². The van der Waals surface area contributed by atoms with E-state index in [4.69, 9.17) is 44.9 Å². The summed E-state index contributed by atoms with van der Waals surface area (Å²) in [6.07, 6.45) is 10.2. The van der Waals surface area contributed by atoms with Gasteiger partial charge >= 0.3 is 16.5 Å². The van der Waals surface area contributed by atoms with Crippen LogP contribution in [0.1, 0.15) is 57.9 Å². The van der Waals surface area contributed by atoms with Gasteiger partial charge in [0.2, 0.25) is 0 Å². The first-order valence-corrected chi connectivity index (χ1v) is 25.4. The molecule has 0 spiro atoms. The van der Waals surface area contributed by atoms with E-state index in [1.165, 1.54) is 0 Å². The molecule has 5 aliphatic rings. The summed E-state index contributed by atoms with van der Waals surface area (Å²) in [5.41, 5.74) is 18.1. The van der Waals surface area contributed by atoms with Gasteiger partial charge in [0.25, 0.3) is 0 Å². The first-order valence-electron chi connectivity index (χ1n) is 25.4. The van der Waals surface area contributed by atoms with Crippen LogP contribution in [-0.4, -0.2) is 74.4 Å². The largest absolute Gasteiger partial charge is 2.00 e. The zero-order valence-electron chi connectivity index (χ0n) is 41.1. The Hall–Kier alpha value is -9.49. The van der Waals surface area contributed by atoms with Crippen LogP contribution in [-0.2, 0) is 16.5 Å². The maximum Gasteiger partial charge on any atom is 2.00 e. The van der Waals surface area contributed by atoms with E-state index in [0.29, 0.717) is 53.9 Å². The van der Waals surface area contributed by atoms with Gasteiger partial charge in [-0.25, -0.2) is 39.9 Å². The fourth-order valence-corrected chi connectivity index (χ4v) is 11.2. The van der Waals surface area contributed by atoms with E-state index in [1.54, 1.807) is 0 Å². The zero-order valence-corrected chi connectivity index (χ0v) is 42.1. The Balaban J connectivity index is 0.00000540. The number of aromatic amines is 2. The van der Waals surface area contributed by atoms with Crippen LogP contribution in [0.2, 0.25) is 0 Å². The fraction of sp³-hybridized carbons (Fsp3) is 0.0794. The molecule has 5 aliphatic heterocycles. The van der Waals surface area contributed by atoms with Crippen molar-refractivity contribution in [3.8, 4) is 44.5 Å². The average Bonchev–Trinajstić information content (AvgIpc) is 4.31. The maximum absolute atomic E-state index is 5.78. The second-order valence-corrected chi connectivity index (χ2v) is 19.4. The van der Waals surface area contributed by atoms with Gasteiger partial charge in [-0.05, 0) is 105 Å². The van der Waals surface area contributed by atoms with Crippen molar-refractivity contribution in [1.82, 2.24) is 64.7 Å². The van der Waals surface area contributed by atoms with E-state index < -0.39 is 0 Å². The van der Waals surface area contributed by atoms with Gasteiger partial charge in [-0.3, -0.25) is 4.90 Å². The van der Waals surface area contributed by atoms with Crippen LogP contribution in [0, 0.1) is 0 Å². The zero-order chi connectivity index (χ0) is 50.1. The Labute approximate surface area is 451 Å². The van der Waals surface area contributed by atoms with E-state index >= 15 is 0 Å². The van der Waals surface area contributed by atoms with Crippen molar-refractivity contribution in [1.29, 1.82) is 0 Å². The number of likely N-dealkylation sites (tertiary alicyclic amines) is 1. The normalized spacial score (nSPS) is 15.6. The molecule has 2 N–H and O–H groups in total. The van der Waals surface area contributed by atoms with E-state index in [9.17, 15) is 0 Å². The van der Waals surface area contributed by atoms with Crippen LogP contribution in [0.4, 0.5) is 0 Å². The van der Waals surface area contributed by atoms with Crippen molar-refractivity contribution in [3.05, 3.63) is 216 Å². The average molecular weight is 1040 g/mol. The van der Waals surface area contributed by atoms with Gasteiger partial charge in [0.05, 0.1) is 22.8 Å². The monoisotopic (exact) mass is 1040 g/mol. The fourth-order valence-electron chi connectivity index (χ4n) is 11.2. The molecule has 2 unspecified atom stereocenters. The predicted octanol–water partition coefficient (Wildman–Crippen LogP) is 12.2. The van der Waals surface area contributed by atoms with Crippen molar-refractivity contribution in [2.24, 2.45) is 0 Å². The molecule has 0 saturated carbocycles.